The summed E-state index contributed by atoms with van der Waals surface area (Å²) >= 11 is 6.53. The molecule has 0 fully saturated rings. The van der Waals surface area contributed by atoms with E-state index in [0.717, 1.165) is 11.9 Å². The second-order valence-corrected chi connectivity index (χ2v) is 11.5. The smallest absolute Gasteiger partial charge is 0.212 e. The Morgan fingerprint density at radius 1 is 1.27 bits per heavy atom. The lowest BCUT2D eigenvalue weighted by Gasteiger charge is -2.22. The van der Waals surface area contributed by atoms with Crippen LogP contribution in [0.2, 0.25) is 5.02 Å². The van der Waals surface area contributed by atoms with Gasteiger partial charge in [0.1, 0.15) is 17.9 Å². The van der Waals surface area contributed by atoms with Gasteiger partial charge in [-0.25, -0.2) is 13.1 Å². The summed E-state index contributed by atoms with van der Waals surface area (Å²) in [6.07, 6.45) is 1.86. The Bertz CT molecular complexity index is 1270. The number of benzene rings is 1. The minimum Gasteiger partial charge on any atom is -0.511 e. The third kappa shape index (κ3) is 5.14. The number of aromatic nitrogens is 2. The fourth-order valence-electron chi connectivity index (χ4n) is 3.69. The molecule has 0 spiro atoms. The Morgan fingerprint density at radius 2 is 1.94 bits per heavy atom. The van der Waals surface area contributed by atoms with E-state index in [9.17, 15) is 23.1 Å². The summed E-state index contributed by atoms with van der Waals surface area (Å²) < 4.78 is 32.4. The lowest BCUT2D eigenvalue weighted by Crippen LogP contribution is -2.24. The number of aliphatic hydroxyl groups excluding tert-OH is 1. The number of hydrogen-bond acceptors (Lipinski definition) is 7. The number of ether oxygens (including phenoxy) is 1. The fraction of sp³-hybridized carbons (Fsp3) is 0.435. The van der Waals surface area contributed by atoms with Crippen LogP contribution in [0, 0.1) is 6.92 Å². The molecule has 0 saturated heterocycles. The molecule has 1 aromatic heterocycles. The van der Waals surface area contributed by atoms with E-state index in [1.165, 1.54) is 12.1 Å². The molecular weight excluding hydrogens is 468 g/mol. The number of halogens is 1. The quantitative estimate of drug-likeness (QED) is 0.469. The molecule has 1 aliphatic carbocycles. The number of carbonyl (C=O) groups excluding carboxylic acids is 2. The van der Waals surface area contributed by atoms with E-state index in [1.54, 1.807) is 10.7 Å². The monoisotopic (exact) mass is 494 g/mol. The summed E-state index contributed by atoms with van der Waals surface area (Å²) in [6.45, 7) is 7.40. The molecule has 3 rings (SSSR count). The number of ketones is 2. The molecule has 1 N–H and O–H groups in total. The summed E-state index contributed by atoms with van der Waals surface area (Å²) in [5.41, 5.74) is 0.0451. The van der Waals surface area contributed by atoms with Gasteiger partial charge >= 0.3 is 0 Å². The zero-order valence-electron chi connectivity index (χ0n) is 19.2. The van der Waals surface area contributed by atoms with Crippen molar-refractivity contribution in [2.45, 2.75) is 64.0 Å². The number of rotatable bonds is 6. The molecule has 0 saturated carbocycles. The summed E-state index contributed by atoms with van der Waals surface area (Å²) in [6, 6.07) is 4.25. The summed E-state index contributed by atoms with van der Waals surface area (Å²) in [5, 5.41) is 14.4. The number of aliphatic hydroxyl groups is 1. The van der Waals surface area contributed by atoms with E-state index in [2.05, 4.69) is 5.10 Å². The molecule has 33 heavy (non-hydrogen) atoms. The zero-order valence-corrected chi connectivity index (χ0v) is 20.8. The number of carbonyl (C=O) groups is 2. The average Bonchev–Trinajstić information content (AvgIpc) is 3.06. The molecule has 8 nitrogen and oxygen atoms in total. The lowest BCUT2D eigenvalue weighted by atomic mass is 9.90. The van der Waals surface area contributed by atoms with Gasteiger partial charge in [0.2, 0.25) is 11.7 Å². The highest BCUT2D eigenvalue weighted by Crippen LogP contribution is 2.33. The van der Waals surface area contributed by atoms with Gasteiger partial charge in [-0.2, -0.15) is 5.10 Å². The third-order valence-electron chi connectivity index (χ3n) is 5.25. The van der Waals surface area contributed by atoms with Crippen molar-refractivity contribution in [1.82, 2.24) is 9.78 Å². The molecular formula is C23H27ClN2O6S. The molecule has 178 valence electrons. The molecule has 0 atom stereocenters. The van der Waals surface area contributed by atoms with Gasteiger partial charge in [0.15, 0.2) is 15.6 Å². The number of hydrogen-bond donors (Lipinski definition) is 1. The molecule has 0 bridgehead atoms. The molecule has 0 unspecified atom stereocenters. The molecule has 2 aromatic rings. The van der Waals surface area contributed by atoms with Gasteiger partial charge < -0.3 is 9.84 Å². The van der Waals surface area contributed by atoms with Crippen molar-refractivity contribution in [3.05, 3.63) is 51.4 Å². The van der Waals surface area contributed by atoms with Crippen LogP contribution in [-0.2, 0) is 26.8 Å². The maximum absolute atomic E-state index is 13.1. The average molecular weight is 495 g/mol. The standard InChI is InChI=1S/C23H27ClN2O6S/c1-13-11-19(26(25-13)23(2,3)4)32-12-15-18(33(5,30)31)10-9-14(21(15)24)22(29)20-16(27)7-6-8-17(20)28/h9-11,27H,6-8,12H2,1-5H3. The Kier molecular flexibility index (Phi) is 6.77. The summed E-state index contributed by atoms with van der Waals surface area (Å²) in [7, 11) is -3.71. The van der Waals surface area contributed by atoms with Crippen molar-refractivity contribution in [3.8, 4) is 5.88 Å². The first-order chi connectivity index (χ1) is 15.2. The SMILES string of the molecule is Cc1cc(OCc2c(S(C)(=O)=O)ccc(C(=O)C3=C(O)CCCC3=O)c2Cl)n(C(C)(C)C)n1. The van der Waals surface area contributed by atoms with Crippen molar-refractivity contribution in [1.29, 1.82) is 0 Å². The highest BCUT2D eigenvalue weighted by molar-refractivity contribution is 7.90. The minimum atomic E-state index is -3.71. The van der Waals surface area contributed by atoms with Gasteiger partial charge in [0.25, 0.3) is 0 Å². The van der Waals surface area contributed by atoms with Crippen LogP contribution in [0.25, 0.3) is 0 Å². The van der Waals surface area contributed by atoms with E-state index < -0.39 is 26.9 Å². The molecule has 1 aromatic carbocycles. The van der Waals surface area contributed by atoms with Crippen LogP contribution in [0.4, 0.5) is 0 Å². The van der Waals surface area contributed by atoms with Crippen molar-refractivity contribution in [2.24, 2.45) is 0 Å². The lowest BCUT2D eigenvalue weighted by molar-refractivity contribution is -0.116. The maximum Gasteiger partial charge on any atom is 0.212 e. The van der Waals surface area contributed by atoms with E-state index in [-0.39, 0.29) is 51.8 Å². The van der Waals surface area contributed by atoms with Crippen LogP contribution in [0.15, 0.2) is 34.4 Å². The van der Waals surface area contributed by atoms with Gasteiger partial charge in [-0.1, -0.05) is 11.6 Å². The number of aryl methyl sites for hydroxylation is 1. The van der Waals surface area contributed by atoms with E-state index >= 15 is 0 Å². The van der Waals surface area contributed by atoms with Crippen LogP contribution in [0.5, 0.6) is 5.88 Å². The normalized spacial score (nSPS) is 15.2. The van der Waals surface area contributed by atoms with E-state index in [4.69, 9.17) is 16.3 Å². The fourth-order valence-corrected chi connectivity index (χ4v) is 4.97. The van der Waals surface area contributed by atoms with Crippen molar-refractivity contribution >= 4 is 33.0 Å². The van der Waals surface area contributed by atoms with Crippen LogP contribution >= 0.6 is 11.6 Å². The van der Waals surface area contributed by atoms with Crippen LogP contribution in [-0.4, -0.2) is 41.1 Å². The zero-order chi connectivity index (χ0) is 24.7. The predicted molar refractivity (Wildman–Crippen MR) is 124 cm³/mol. The number of nitrogens with zero attached hydrogens (tertiary/aromatic N) is 2. The topological polar surface area (TPSA) is 116 Å². The van der Waals surface area contributed by atoms with Crippen LogP contribution < -0.4 is 4.74 Å². The number of sulfone groups is 1. The number of allylic oxidation sites excluding steroid dienone is 2. The minimum absolute atomic E-state index is 0.0695. The molecule has 0 amide bonds. The molecule has 1 aliphatic rings. The molecule has 1 heterocycles. The first-order valence-corrected chi connectivity index (χ1v) is 12.7. The maximum atomic E-state index is 13.1. The van der Waals surface area contributed by atoms with Crippen molar-refractivity contribution in [3.63, 3.8) is 0 Å². The molecule has 10 heteroatoms. The van der Waals surface area contributed by atoms with E-state index in [1.807, 2.05) is 27.7 Å². The van der Waals surface area contributed by atoms with Gasteiger partial charge in [-0.15, -0.1) is 0 Å². The highest BCUT2D eigenvalue weighted by atomic mass is 35.5. The first kappa shape index (κ1) is 25.0. The van der Waals surface area contributed by atoms with Gasteiger partial charge in [-0.3, -0.25) is 9.59 Å². The van der Waals surface area contributed by atoms with Gasteiger partial charge in [0, 0.05) is 36.3 Å². The third-order valence-corrected chi connectivity index (χ3v) is 6.87. The Balaban J connectivity index is 2.08. The highest BCUT2D eigenvalue weighted by Gasteiger charge is 2.31. The second kappa shape index (κ2) is 8.95. The van der Waals surface area contributed by atoms with Gasteiger partial charge in [-0.05, 0) is 46.2 Å². The molecule has 0 aliphatic heterocycles. The van der Waals surface area contributed by atoms with Crippen LogP contribution in [0.1, 0.15) is 61.6 Å². The predicted octanol–water partition coefficient (Wildman–Crippen LogP) is 4.33. The van der Waals surface area contributed by atoms with Crippen molar-refractivity contribution < 1.29 is 27.9 Å². The second-order valence-electron chi connectivity index (χ2n) is 9.10. The van der Waals surface area contributed by atoms with Crippen molar-refractivity contribution in [2.75, 3.05) is 6.26 Å². The molecule has 0 radical (unpaired) electrons. The first-order valence-electron chi connectivity index (χ1n) is 10.4. The Labute approximate surface area is 198 Å². The van der Waals surface area contributed by atoms with E-state index in [0.29, 0.717) is 12.3 Å². The Morgan fingerprint density at radius 3 is 2.52 bits per heavy atom. The van der Waals surface area contributed by atoms with Gasteiger partial charge in [0.05, 0.1) is 21.2 Å². The summed E-state index contributed by atoms with van der Waals surface area (Å²) in [5.74, 6) is -1.06. The largest absolute Gasteiger partial charge is 0.511 e. The van der Waals surface area contributed by atoms with Crippen LogP contribution in [0.3, 0.4) is 0 Å². The summed E-state index contributed by atoms with van der Waals surface area (Å²) in [4.78, 5) is 25.3. The Hall–Kier alpha value is -2.65. The number of Topliss-reactive ketones (excluding diaryl/α,β-unsaturated/α-hetero) is 2.